The van der Waals surface area contributed by atoms with Crippen LogP contribution in [0.5, 0.6) is 0 Å². The zero-order valence-electron chi connectivity index (χ0n) is 23.9. The van der Waals surface area contributed by atoms with Crippen LogP contribution in [0.1, 0.15) is 29.3 Å². The second-order valence-corrected chi connectivity index (χ2v) is 11.2. The zero-order valence-corrected chi connectivity index (χ0v) is 24.7. The Bertz CT molecular complexity index is 1840. The van der Waals surface area contributed by atoms with E-state index in [-0.39, 0.29) is 22.4 Å². The van der Waals surface area contributed by atoms with E-state index in [1.54, 1.807) is 60.7 Å². The van der Waals surface area contributed by atoms with Gasteiger partial charge in [-0.3, -0.25) is 14.4 Å². The number of halogens is 1. The molecule has 0 saturated carbocycles. The van der Waals surface area contributed by atoms with Gasteiger partial charge in [-0.05, 0) is 60.3 Å². The number of rotatable bonds is 10. The van der Waals surface area contributed by atoms with Gasteiger partial charge in [0.1, 0.15) is 11.5 Å². The van der Waals surface area contributed by atoms with E-state index in [2.05, 4.69) is 16.0 Å². The molecule has 5 rings (SSSR count). The first-order chi connectivity index (χ1) is 21.4. The lowest BCUT2D eigenvalue weighted by Gasteiger charge is -2.17. The summed E-state index contributed by atoms with van der Waals surface area (Å²) in [6.07, 6.45) is 1.88. The Balaban J connectivity index is 1.32. The Labute approximate surface area is 259 Å². The lowest BCUT2D eigenvalue weighted by atomic mass is 10.1. The maximum Gasteiger partial charge on any atom is 0.272 e. The van der Waals surface area contributed by atoms with Gasteiger partial charge in [-0.2, -0.15) is 0 Å². The van der Waals surface area contributed by atoms with Crippen molar-refractivity contribution in [1.29, 1.82) is 0 Å². The number of amides is 3. The second-order valence-electron chi connectivity index (χ2n) is 9.91. The normalized spacial score (nSPS) is 11.9. The van der Waals surface area contributed by atoms with Crippen molar-refractivity contribution in [3.8, 4) is 0 Å². The number of fused-ring (bicyclic) bond motifs is 1. The number of anilines is 2. The minimum Gasteiger partial charge on any atom is -0.325 e. The van der Waals surface area contributed by atoms with Gasteiger partial charge in [0.2, 0.25) is 5.91 Å². The molecule has 0 heterocycles. The van der Waals surface area contributed by atoms with Crippen LogP contribution in [0.15, 0.2) is 132 Å². The molecule has 5 aromatic rings. The van der Waals surface area contributed by atoms with Gasteiger partial charge in [0.25, 0.3) is 11.8 Å². The summed E-state index contributed by atoms with van der Waals surface area (Å²) >= 11 is 1.39. The maximum absolute atomic E-state index is 14.5. The molecule has 6 nitrogen and oxygen atoms in total. The van der Waals surface area contributed by atoms with Gasteiger partial charge < -0.3 is 16.0 Å². The Morgan fingerprint density at radius 1 is 0.795 bits per heavy atom. The van der Waals surface area contributed by atoms with Gasteiger partial charge in [-0.25, -0.2) is 4.39 Å². The third-order valence-corrected chi connectivity index (χ3v) is 8.17. The van der Waals surface area contributed by atoms with Crippen molar-refractivity contribution in [2.45, 2.75) is 23.5 Å². The SMILES string of the molecule is CCC(Sc1cccc(NC(=O)/C(=C/c2ccccc2F)NC(=O)c2ccccc2)c1)C(=O)Nc1cccc2ccccc12. The van der Waals surface area contributed by atoms with Crippen LogP contribution in [0.2, 0.25) is 0 Å². The highest BCUT2D eigenvalue weighted by molar-refractivity contribution is 8.00. The lowest BCUT2D eigenvalue weighted by Crippen LogP contribution is -2.30. The third-order valence-electron chi connectivity index (χ3n) is 6.81. The summed E-state index contributed by atoms with van der Waals surface area (Å²) in [6, 6.07) is 35.2. The van der Waals surface area contributed by atoms with Crippen molar-refractivity contribution >= 4 is 57.7 Å². The number of benzene rings is 5. The van der Waals surface area contributed by atoms with Crippen LogP contribution in [0.25, 0.3) is 16.8 Å². The predicted molar refractivity (Wildman–Crippen MR) is 176 cm³/mol. The number of thioether (sulfide) groups is 1. The molecule has 5 aromatic carbocycles. The van der Waals surface area contributed by atoms with E-state index >= 15 is 0 Å². The molecule has 0 fully saturated rings. The number of carbonyl (C=O) groups is 3. The summed E-state index contributed by atoms with van der Waals surface area (Å²) in [7, 11) is 0. The van der Waals surface area contributed by atoms with Crippen molar-refractivity contribution in [3.05, 3.63) is 144 Å². The van der Waals surface area contributed by atoms with Gasteiger partial charge in [0.05, 0.1) is 5.25 Å². The van der Waals surface area contributed by atoms with Gasteiger partial charge in [0.15, 0.2) is 0 Å². The highest BCUT2D eigenvalue weighted by atomic mass is 32.2. The molecular weight excluding hydrogens is 573 g/mol. The number of hydrogen-bond acceptors (Lipinski definition) is 4. The summed E-state index contributed by atoms with van der Waals surface area (Å²) in [5, 5.41) is 10.1. The van der Waals surface area contributed by atoms with Crippen LogP contribution in [-0.4, -0.2) is 23.0 Å². The van der Waals surface area contributed by atoms with E-state index in [4.69, 9.17) is 0 Å². The van der Waals surface area contributed by atoms with Gasteiger partial charge >= 0.3 is 0 Å². The molecule has 0 aliphatic rings. The molecular formula is C36H30FN3O3S. The fourth-order valence-corrected chi connectivity index (χ4v) is 5.58. The second kappa shape index (κ2) is 14.3. The molecule has 44 heavy (non-hydrogen) atoms. The molecule has 8 heteroatoms. The average molecular weight is 604 g/mol. The van der Waals surface area contributed by atoms with Gasteiger partial charge in [-0.15, -0.1) is 11.8 Å². The van der Waals surface area contributed by atoms with Crippen LogP contribution in [0.4, 0.5) is 15.8 Å². The van der Waals surface area contributed by atoms with Gasteiger partial charge in [-0.1, -0.05) is 85.8 Å². The minimum absolute atomic E-state index is 0.122. The molecule has 0 bridgehead atoms. The summed E-state index contributed by atoms with van der Waals surface area (Å²) in [4.78, 5) is 40.4. The Kier molecular flexibility index (Phi) is 9.84. The first-order valence-electron chi connectivity index (χ1n) is 14.1. The van der Waals surface area contributed by atoms with Crippen LogP contribution < -0.4 is 16.0 Å². The number of hydrogen-bond donors (Lipinski definition) is 3. The molecule has 0 aliphatic carbocycles. The largest absolute Gasteiger partial charge is 0.325 e. The zero-order chi connectivity index (χ0) is 30.9. The highest BCUT2D eigenvalue weighted by Crippen LogP contribution is 2.30. The van der Waals surface area contributed by atoms with Crippen LogP contribution in [0, 0.1) is 5.82 Å². The fourth-order valence-electron chi connectivity index (χ4n) is 4.57. The molecule has 1 atom stereocenters. The monoisotopic (exact) mass is 603 g/mol. The molecule has 0 spiro atoms. The lowest BCUT2D eigenvalue weighted by molar-refractivity contribution is -0.116. The van der Waals surface area contributed by atoms with E-state index in [0.717, 1.165) is 21.4 Å². The van der Waals surface area contributed by atoms with E-state index < -0.39 is 17.6 Å². The Morgan fingerprint density at radius 3 is 2.30 bits per heavy atom. The molecule has 0 aromatic heterocycles. The summed E-state index contributed by atoms with van der Waals surface area (Å²) in [5.41, 5.74) is 1.59. The fraction of sp³-hybridized carbons (Fsp3) is 0.0833. The molecule has 3 N–H and O–H groups in total. The van der Waals surface area contributed by atoms with E-state index in [1.165, 1.54) is 30.0 Å². The van der Waals surface area contributed by atoms with Crippen LogP contribution in [-0.2, 0) is 9.59 Å². The average Bonchev–Trinajstić information content (AvgIpc) is 3.05. The predicted octanol–water partition coefficient (Wildman–Crippen LogP) is 7.90. The smallest absolute Gasteiger partial charge is 0.272 e. The molecule has 1 unspecified atom stereocenters. The molecule has 0 aliphatic heterocycles. The Hall–Kier alpha value is -5.21. The summed E-state index contributed by atoms with van der Waals surface area (Å²) in [6.45, 7) is 1.95. The van der Waals surface area contributed by atoms with Gasteiger partial charge in [0, 0.05) is 32.8 Å². The topological polar surface area (TPSA) is 87.3 Å². The van der Waals surface area contributed by atoms with E-state index in [1.807, 2.05) is 55.5 Å². The third kappa shape index (κ3) is 7.59. The van der Waals surface area contributed by atoms with Crippen molar-refractivity contribution in [2.24, 2.45) is 0 Å². The van der Waals surface area contributed by atoms with Crippen molar-refractivity contribution in [1.82, 2.24) is 5.32 Å². The summed E-state index contributed by atoms with van der Waals surface area (Å²) in [5.74, 6) is -1.78. The summed E-state index contributed by atoms with van der Waals surface area (Å²) < 4.78 is 14.5. The quantitative estimate of drug-likeness (QED) is 0.112. The van der Waals surface area contributed by atoms with E-state index in [0.29, 0.717) is 17.7 Å². The minimum atomic E-state index is -0.625. The number of nitrogens with one attached hydrogen (secondary N) is 3. The first-order valence-corrected chi connectivity index (χ1v) is 15.0. The molecule has 0 radical (unpaired) electrons. The first kappa shape index (κ1) is 30.3. The standard InChI is InChI=1S/C36H30FN3O3S/c1-2-33(36(43)39-31-21-10-16-24-12-6-8-19-29(24)31)44-28-18-11-17-27(23-28)38-35(42)32(22-26-15-7-9-20-30(26)37)40-34(41)25-13-4-3-5-14-25/h3-23,33H,2H2,1H3,(H,38,42)(H,39,43)(H,40,41)/b32-22-. The van der Waals surface area contributed by atoms with Crippen molar-refractivity contribution in [2.75, 3.05) is 10.6 Å². The number of carbonyl (C=O) groups excluding carboxylic acids is 3. The molecule has 3 amide bonds. The maximum atomic E-state index is 14.5. The van der Waals surface area contributed by atoms with E-state index in [9.17, 15) is 18.8 Å². The van der Waals surface area contributed by atoms with Crippen LogP contribution >= 0.6 is 11.8 Å². The van der Waals surface area contributed by atoms with Crippen LogP contribution in [0.3, 0.4) is 0 Å². The van der Waals surface area contributed by atoms with Crippen molar-refractivity contribution < 1.29 is 18.8 Å². The Morgan fingerprint density at radius 2 is 1.50 bits per heavy atom. The highest BCUT2D eigenvalue weighted by Gasteiger charge is 2.20. The molecule has 220 valence electrons. The molecule has 0 saturated heterocycles. The van der Waals surface area contributed by atoms with Crippen molar-refractivity contribution in [3.63, 3.8) is 0 Å².